The number of pyridine rings is 1. The number of nitrogen functional groups attached to an aromatic ring is 1. The Labute approximate surface area is 116 Å². The second-order valence-electron chi connectivity index (χ2n) is 3.63. The van der Waals surface area contributed by atoms with E-state index < -0.39 is 16.6 Å². The summed E-state index contributed by atoms with van der Waals surface area (Å²) in [6.45, 7) is 0. The van der Waals surface area contributed by atoms with E-state index in [1.165, 1.54) is 12.1 Å². The van der Waals surface area contributed by atoms with Crippen LogP contribution >= 0.6 is 11.8 Å². The van der Waals surface area contributed by atoms with Crippen LogP contribution in [0.3, 0.4) is 0 Å². The average molecular weight is 298 g/mol. The van der Waals surface area contributed by atoms with Crippen molar-refractivity contribution in [2.75, 3.05) is 5.43 Å². The Balaban J connectivity index is 2.37. The molecule has 6 nitrogen and oxygen atoms in total. The lowest BCUT2D eigenvalue weighted by atomic mass is 10.3. The minimum atomic E-state index is -0.773. The molecule has 0 aliphatic carbocycles. The molecule has 0 aliphatic rings. The third-order valence-corrected chi connectivity index (χ3v) is 3.22. The first-order chi connectivity index (χ1) is 9.49. The number of benzene rings is 1. The van der Waals surface area contributed by atoms with Crippen LogP contribution in [0.5, 0.6) is 0 Å². The van der Waals surface area contributed by atoms with Gasteiger partial charge in [0.15, 0.2) is 0 Å². The predicted molar refractivity (Wildman–Crippen MR) is 69.2 cm³/mol. The first-order valence-corrected chi connectivity index (χ1v) is 6.07. The molecule has 0 bridgehead atoms. The number of nitrogens with two attached hydrogens (primary N) is 1. The molecule has 0 spiro atoms. The van der Waals surface area contributed by atoms with Crippen LogP contribution < -0.4 is 11.3 Å². The SMILES string of the molecule is NNc1cc([N+](=O)[O-])cc(Sc2ccc(F)cc2F)n1. The Bertz CT molecular complexity index is 669. The van der Waals surface area contributed by atoms with E-state index >= 15 is 0 Å². The molecule has 0 saturated carbocycles. The standard InChI is InChI=1S/C11H8F2N4O2S/c12-6-1-2-9(8(13)3-6)20-11-5-7(17(18)19)4-10(15-11)16-14/h1-5H,14H2,(H,15,16). The highest BCUT2D eigenvalue weighted by atomic mass is 32.2. The number of hydrogen-bond acceptors (Lipinski definition) is 6. The fourth-order valence-electron chi connectivity index (χ4n) is 1.39. The molecule has 3 N–H and O–H groups in total. The summed E-state index contributed by atoms with van der Waals surface area (Å²) in [6.07, 6.45) is 0. The van der Waals surface area contributed by atoms with Gasteiger partial charge in [-0.05, 0) is 12.1 Å². The molecule has 0 saturated heterocycles. The lowest BCUT2D eigenvalue weighted by Crippen LogP contribution is -2.09. The van der Waals surface area contributed by atoms with Gasteiger partial charge < -0.3 is 5.43 Å². The number of hydrogen-bond donors (Lipinski definition) is 2. The monoisotopic (exact) mass is 298 g/mol. The van der Waals surface area contributed by atoms with Crippen LogP contribution in [0.25, 0.3) is 0 Å². The van der Waals surface area contributed by atoms with Gasteiger partial charge in [-0.15, -0.1) is 0 Å². The Hall–Kier alpha value is -2.26. The molecule has 2 aromatic rings. The fourth-order valence-corrected chi connectivity index (χ4v) is 2.24. The number of halogens is 2. The van der Waals surface area contributed by atoms with E-state index in [2.05, 4.69) is 10.4 Å². The molecule has 0 aliphatic heterocycles. The summed E-state index contributed by atoms with van der Waals surface area (Å²) < 4.78 is 26.3. The predicted octanol–water partition coefficient (Wildman–Crippen LogP) is 2.70. The van der Waals surface area contributed by atoms with Crippen LogP contribution in [0.1, 0.15) is 0 Å². The van der Waals surface area contributed by atoms with Crippen molar-refractivity contribution in [3.63, 3.8) is 0 Å². The van der Waals surface area contributed by atoms with Gasteiger partial charge in [0.1, 0.15) is 22.5 Å². The quantitative estimate of drug-likeness (QED) is 0.512. The molecule has 2 rings (SSSR count). The summed E-state index contributed by atoms with van der Waals surface area (Å²) in [5.74, 6) is 3.76. The summed E-state index contributed by atoms with van der Waals surface area (Å²) in [4.78, 5) is 14.2. The molecule has 1 aromatic carbocycles. The third-order valence-electron chi connectivity index (χ3n) is 2.25. The molecule has 1 aromatic heterocycles. The van der Waals surface area contributed by atoms with Gasteiger partial charge >= 0.3 is 0 Å². The number of anilines is 1. The molecule has 1 heterocycles. The first kappa shape index (κ1) is 14.2. The van der Waals surface area contributed by atoms with E-state index in [1.807, 2.05) is 0 Å². The van der Waals surface area contributed by atoms with Crippen LogP contribution in [0, 0.1) is 21.7 Å². The number of rotatable bonds is 4. The molecule has 0 radical (unpaired) electrons. The fraction of sp³-hybridized carbons (Fsp3) is 0. The summed E-state index contributed by atoms with van der Waals surface area (Å²) in [6, 6.07) is 5.36. The van der Waals surface area contributed by atoms with Crippen LogP contribution in [0.2, 0.25) is 0 Å². The minimum Gasteiger partial charge on any atom is -0.308 e. The summed E-state index contributed by atoms with van der Waals surface area (Å²) in [5, 5.41) is 10.9. The normalized spacial score (nSPS) is 10.3. The molecule has 0 atom stereocenters. The van der Waals surface area contributed by atoms with Crippen LogP contribution in [0.15, 0.2) is 40.3 Å². The molecular weight excluding hydrogens is 290 g/mol. The number of hydrazine groups is 1. The van der Waals surface area contributed by atoms with Gasteiger partial charge in [0.2, 0.25) is 0 Å². The second kappa shape index (κ2) is 5.80. The maximum absolute atomic E-state index is 13.5. The Morgan fingerprint density at radius 2 is 2.05 bits per heavy atom. The van der Waals surface area contributed by atoms with Gasteiger partial charge in [0.25, 0.3) is 5.69 Å². The lowest BCUT2D eigenvalue weighted by Gasteiger charge is -2.05. The highest BCUT2D eigenvalue weighted by Crippen LogP contribution is 2.31. The van der Waals surface area contributed by atoms with Crippen molar-refractivity contribution >= 4 is 23.3 Å². The third kappa shape index (κ3) is 3.19. The van der Waals surface area contributed by atoms with Crippen LogP contribution in [0.4, 0.5) is 20.3 Å². The van der Waals surface area contributed by atoms with E-state index in [4.69, 9.17) is 5.84 Å². The Morgan fingerprint density at radius 1 is 1.30 bits per heavy atom. The van der Waals surface area contributed by atoms with Gasteiger partial charge in [-0.2, -0.15) is 0 Å². The van der Waals surface area contributed by atoms with E-state index in [0.717, 1.165) is 30.0 Å². The van der Waals surface area contributed by atoms with Crippen molar-refractivity contribution in [1.82, 2.24) is 4.98 Å². The summed E-state index contributed by atoms with van der Waals surface area (Å²) >= 11 is 0.831. The van der Waals surface area contributed by atoms with Crippen molar-refractivity contribution < 1.29 is 13.7 Å². The molecule has 9 heteroatoms. The highest BCUT2D eigenvalue weighted by Gasteiger charge is 2.13. The van der Waals surface area contributed by atoms with Crippen molar-refractivity contribution in [1.29, 1.82) is 0 Å². The van der Waals surface area contributed by atoms with Crippen molar-refractivity contribution in [2.45, 2.75) is 9.92 Å². The van der Waals surface area contributed by atoms with Crippen LogP contribution in [-0.4, -0.2) is 9.91 Å². The molecule has 0 fully saturated rings. The van der Waals surface area contributed by atoms with Gasteiger partial charge in [-0.25, -0.2) is 19.6 Å². The maximum atomic E-state index is 13.5. The largest absolute Gasteiger partial charge is 0.308 e. The van der Waals surface area contributed by atoms with Crippen LogP contribution in [-0.2, 0) is 0 Å². The average Bonchev–Trinajstić information content (AvgIpc) is 2.41. The zero-order chi connectivity index (χ0) is 14.7. The van der Waals surface area contributed by atoms with Crippen molar-refractivity contribution in [2.24, 2.45) is 5.84 Å². The maximum Gasteiger partial charge on any atom is 0.275 e. The zero-order valence-corrected chi connectivity index (χ0v) is 10.7. The Kier molecular flexibility index (Phi) is 4.11. The molecule has 20 heavy (non-hydrogen) atoms. The number of nitrogens with zero attached hydrogens (tertiary/aromatic N) is 2. The van der Waals surface area contributed by atoms with Crippen molar-refractivity contribution in [3.8, 4) is 0 Å². The van der Waals surface area contributed by atoms with Gasteiger partial charge in [-0.3, -0.25) is 10.1 Å². The number of aromatic nitrogens is 1. The number of nitro groups is 1. The minimum absolute atomic E-state index is 0.0734. The summed E-state index contributed by atoms with van der Waals surface area (Å²) in [7, 11) is 0. The zero-order valence-electron chi connectivity index (χ0n) is 9.84. The topological polar surface area (TPSA) is 94.1 Å². The molecule has 0 amide bonds. The molecule has 104 valence electrons. The number of nitrogens with one attached hydrogen (secondary N) is 1. The Morgan fingerprint density at radius 3 is 2.65 bits per heavy atom. The lowest BCUT2D eigenvalue weighted by molar-refractivity contribution is -0.385. The molecular formula is C11H8F2N4O2S. The molecule has 0 unspecified atom stereocenters. The van der Waals surface area contributed by atoms with E-state index in [1.54, 1.807) is 0 Å². The van der Waals surface area contributed by atoms with Gasteiger partial charge in [0.05, 0.1) is 11.0 Å². The summed E-state index contributed by atoms with van der Waals surface area (Å²) in [5.41, 5.74) is 1.95. The van der Waals surface area contributed by atoms with E-state index in [-0.39, 0.29) is 21.4 Å². The smallest absolute Gasteiger partial charge is 0.275 e. The van der Waals surface area contributed by atoms with E-state index in [0.29, 0.717) is 0 Å². The highest BCUT2D eigenvalue weighted by molar-refractivity contribution is 7.99. The van der Waals surface area contributed by atoms with E-state index in [9.17, 15) is 18.9 Å². The van der Waals surface area contributed by atoms with Gasteiger partial charge in [0, 0.05) is 17.0 Å². The second-order valence-corrected chi connectivity index (χ2v) is 4.69. The first-order valence-electron chi connectivity index (χ1n) is 5.25. The van der Waals surface area contributed by atoms with Gasteiger partial charge in [-0.1, -0.05) is 11.8 Å². The van der Waals surface area contributed by atoms with Crippen molar-refractivity contribution in [3.05, 3.63) is 52.1 Å².